The lowest BCUT2D eigenvalue weighted by Crippen LogP contribution is -2.56. The van der Waals surface area contributed by atoms with Gasteiger partial charge in [0.1, 0.15) is 5.75 Å². The number of hydrogen-bond donors (Lipinski definition) is 1. The monoisotopic (exact) mass is 333 g/mol. The largest absolute Gasteiger partial charge is 0.497 e. The Morgan fingerprint density at radius 3 is 2.58 bits per heavy atom. The van der Waals surface area contributed by atoms with Crippen LogP contribution in [-0.2, 0) is 9.53 Å². The van der Waals surface area contributed by atoms with E-state index in [-0.39, 0.29) is 5.91 Å². The van der Waals surface area contributed by atoms with Crippen molar-refractivity contribution in [2.24, 2.45) is 11.1 Å². The molecule has 132 valence electrons. The molecule has 6 heteroatoms. The number of amides is 1. The van der Waals surface area contributed by atoms with E-state index in [9.17, 15) is 4.79 Å². The van der Waals surface area contributed by atoms with Crippen LogP contribution in [0.1, 0.15) is 12.8 Å². The molecular weight excluding hydrogens is 306 g/mol. The number of ether oxygens (including phenoxy) is 2. The summed E-state index contributed by atoms with van der Waals surface area (Å²) in [5.74, 6) is 1.06. The molecule has 0 aliphatic carbocycles. The Labute approximate surface area is 143 Å². The van der Waals surface area contributed by atoms with E-state index in [0.717, 1.165) is 50.5 Å². The molecule has 2 heterocycles. The summed E-state index contributed by atoms with van der Waals surface area (Å²) in [4.78, 5) is 17.3. The van der Waals surface area contributed by atoms with Crippen molar-refractivity contribution in [2.75, 3.05) is 57.9 Å². The van der Waals surface area contributed by atoms with Gasteiger partial charge in [-0.15, -0.1) is 0 Å². The first kappa shape index (κ1) is 17.0. The molecule has 0 bridgehead atoms. The van der Waals surface area contributed by atoms with Crippen LogP contribution in [0.3, 0.4) is 0 Å². The van der Waals surface area contributed by atoms with Crippen LogP contribution in [0.2, 0.25) is 0 Å². The van der Waals surface area contributed by atoms with Crippen molar-refractivity contribution in [1.29, 1.82) is 0 Å². The zero-order chi connectivity index (χ0) is 17.0. The van der Waals surface area contributed by atoms with Gasteiger partial charge in [0.05, 0.1) is 12.5 Å². The molecule has 0 unspecified atom stereocenters. The Balaban J connectivity index is 1.62. The maximum Gasteiger partial charge on any atom is 0.230 e. The normalized spacial score (nSPS) is 20.8. The first-order valence-electron chi connectivity index (χ1n) is 8.65. The fourth-order valence-corrected chi connectivity index (χ4v) is 3.58. The fourth-order valence-electron chi connectivity index (χ4n) is 3.58. The van der Waals surface area contributed by atoms with Crippen LogP contribution < -0.4 is 15.4 Å². The molecule has 0 radical (unpaired) electrons. The Bertz CT molecular complexity index is 564. The molecule has 2 fully saturated rings. The van der Waals surface area contributed by atoms with Gasteiger partial charge in [-0.3, -0.25) is 4.79 Å². The first-order valence-corrected chi connectivity index (χ1v) is 8.65. The second-order valence-corrected chi connectivity index (χ2v) is 6.58. The van der Waals surface area contributed by atoms with Gasteiger partial charge in [-0.1, -0.05) is 6.07 Å². The summed E-state index contributed by atoms with van der Waals surface area (Å²) in [5, 5.41) is 0. The molecule has 2 aliphatic rings. The molecule has 2 N–H and O–H groups in total. The van der Waals surface area contributed by atoms with Crippen molar-refractivity contribution < 1.29 is 14.3 Å². The van der Waals surface area contributed by atoms with Gasteiger partial charge in [-0.05, 0) is 25.0 Å². The molecular formula is C18H27N3O3. The summed E-state index contributed by atoms with van der Waals surface area (Å²) in [6, 6.07) is 8.06. The maximum atomic E-state index is 13.0. The average Bonchev–Trinajstić information content (AvgIpc) is 2.68. The van der Waals surface area contributed by atoms with E-state index >= 15 is 0 Å². The van der Waals surface area contributed by atoms with Gasteiger partial charge < -0.3 is 25.0 Å². The minimum atomic E-state index is -0.420. The number of nitrogens with zero attached hydrogens (tertiary/aromatic N) is 2. The number of hydrogen-bond acceptors (Lipinski definition) is 5. The Morgan fingerprint density at radius 2 is 1.96 bits per heavy atom. The SMILES string of the molecule is COc1cccc(N2CCN(C(=O)C3(CN)CCOCC3)CC2)c1. The van der Waals surface area contributed by atoms with Crippen LogP contribution in [0.25, 0.3) is 0 Å². The highest BCUT2D eigenvalue weighted by molar-refractivity contribution is 5.83. The van der Waals surface area contributed by atoms with E-state index in [1.165, 1.54) is 0 Å². The third-order valence-corrected chi connectivity index (χ3v) is 5.28. The predicted octanol–water partition coefficient (Wildman–Crippen LogP) is 1.10. The number of anilines is 1. The van der Waals surface area contributed by atoms with Crippen LogP contribution in [0.4, 0.5) is 5.69 Å². The van der Waals surface area contributed by atoms with E-state index in [0.29, 0.717) is 19.8 Å². The standard InChI is InChI=1S/C18H27N3O3/c1-23-16-4-2-3-15(13-16)20-7-9-21(10-8-20)17(22)18(14-19)5-11-24-12-6-18/h2-4,13H,5-12,14,19H2,1H3. The van der Waals surface area contributed by atoms with E-state index in [2.05, 4.69) is 11.0 Å². The van der Waals surface area contributed by atoms with E-state index in [4.69, 9.17) is 15.2 Å². The van der Waals surface area contributed by atoms with Crippen LogP contribution in [0.5, 0.6) is 5.75 Å². The van der Waals surface area contributed by atoms with E-state index < -0.39 is 5.41 Å². The van der Waals surface area contributed by atoms with Crippen LogP contribution in [0.15, 0.2) is 24.3 Å². The molecule has 1 aromatic rings. The number of rotatable bonds is 4. The molecule has 0 saturated carbocycles. The van der Waals surface area contributed by atoms with Crippen LogP contribution in [-0.4, -0.2) is 63.9 Å². The molecule has 1 amide bonds. The Hall–Kier alpha value is -1.79. The number of nitrogens with two attached hydrogens (primary N) is 1. The molecule has 0 spiro atoms. The van der Waals surface area contributed by atoms with E-state index in [1.54, 1.807) is 7.11 Å². The van der Waals surface area contributed by atoms with Crippen molar-refractivity contribution >= 4 is 11.6 Å². The summed E-state index contributed by atoms with van der Waals surface area (Å²) < 4.78 is 10.7. The van der Waals surface area contributed by atoms with Crippen LogP contribution in [0, 0.1) is 5.41 Å². The molecule has 2 saturated heterocycles. The van der Waals surface area contributed by atoms with Gasteiger partial charge in [-0.2, -0.15) is 0 Å². The summed E-state index contributed by atoms with van der Waals surface area (Å²) >= 11 is 0. The first-order chi connectivity index (χ1) is 11.7. The molecule has 2 aliphatic heterocycles. The number of carbonyl (C=O) groups excluding carboxylic acids is 1. The number of carbonyl (C=O) groups is 1. The van der Waals surface area contributed by atoms with Crippen molar-refractivity contribution in [2.45, 2.75) is 12.8 Å². The summed E-state index contributed by atoms with van der Waals surface area (Å²) in [7, 11) is 1.68. The lowest BCUT2D eigenvalue weighted by atomic mass is 9.78. The van der Waals surface area contributed by atoms with Gasteiger partial charge in [-0.25, -0.2) is 0 Å². The lowest BCUT2D eigenvalue weighted by molar-refractivity contribution is -0.147. The number of piperazine rings is 1. The highest BCUT2D eigenvalue weighted by atomic mass is 16.5. The number of methoxy groups -OCH3 is 1. The number of benzene rings is 1. The summed E-state index contributed by atoms with van der Waals surface area (Å²) in [6.07, 6.45) is 1.47. The molecule has 24 heavy (non-hydrogen) atoms. The minimum absolute atomic E-state index is 0.207. The molecule has 0 atom stereocenters. The van der Waals surface area contributed by atoms with Gasteiger partial charge in [0, 0.05) is 57.7 Å². The van der Waals surface area contributed by atoms with Crippen molar-refractivity contribution in [3.05, 3.63) is 24.3 Å². The average molecular weight is 333 g/mol. The van der Waals surface area contributed by atoms with Gasteiger partial charge >= 0.3 is 0 Å². The van der Waals surface area contributed by atoms with Crippen LogP contribution >= 0.6 is 0 Å². The van der Waals surface area contributed by atoms with Gasteiger partial charge in [0.25, 0.3) is 0 Å². The Kier molecular flexibility index (Phi) is 5.26. The van der Waals surface area contributed by atoms with Crippen molar-refractivity contribution in [1.82, 2.24) is 4.90 Å². The van der Waals surface area contributed by atoms with Crippen molar-refractivity contribution in [3.63, 3.8) is 0 Å². The topological polar surface area (TPSA) is 68.0 Å². The third kappa shape index (κ3) is 3.35. The second-order valence-electron chi connectivity index (χ2n) is 6.58. The smallest absolute Gasteiger partial charge is 0.230 e. The highest BCUT2D eigenvalue weighted by Crippen LogP contribution is 2.32. The molecule has 0 aromatic heterocycles. The van der Waals surface area contributed by atoms with Gasteiger partial charge in [0.15, 0.2) is 0 Å². The van der Waals surface area contributed by atoms with Crippen molar-refractivity contribution in [3.8, 4) is 5.75 Å². The summed E-state index contributed by atoms with van der Waals surface area (Å²) in [6.45, 7) is 4.80. The maximum absolute atomic E-state index is 13.0. The van der Waals surface area contributed by atoms with Gasteiger partial charge in [0.2, 0.25) is 5.91 Å². The predicted molar refractivity (Wildman–Crippen MR) is 93.3 cm³/mol. The fraction of sp³-hybridized carbons (Fsp3) is 0.611. The lowest BCUT2D eigenvalue weighted by Gasteiger charge is -2.42. The van der Waals surface area contributed by atoms with E-state index in [1.807, 2.05) is 23.1 Å². The minimum Gasteiger partial charge on any atom is -0.497 e. The molecule has 1 aromatic carbocycles. The zero-order valence-electron chi connectivity index (χ0n) is 14.4. The molecule has 3 rings (SSSR count). The summed E-state index contributed by atoms with van der Waals surface area (Å²) in [5.41, 5.74) is 6.69. The zero-order valence-corrected chi connectivity index (χ0v) is 14.4. The quantitative estimate of drug-likeness (QED) is 0.894. The third-order valence-electron chi connectivity index (χ3n) is 5.28. The highest BCUT2D eigenvalue weighted by Gasteiger charge is 2.42. The Morgan fingerprint density at radius 1 is 1.25 bits per heavy atom. The second kappa shape index (κ2) is 7.40. The molecule has 6 nitrogen and oxygen atoms in total.